The van der Waals surface area contributed by atoms with Gasteiger partial charge in [0.2, 0.25) is 6.79 Å². The van der Waals surface area contributed by atoms with Crippen molar-refractivity contribution in [3.8, 4) is 17.2 Å². The van der Waals surface area contributed by atoms with Crippen molar-refractivity contribution in [1.82, 2.24) is 5.32 Å². The second kappa shape index (κ2) is 6.61. The van der Waals surface area contributed by atoms with E-state index in [-0.39, 0.29) is 18.7 Å². The van der Waals surface area contributed by atoms with Gasteiger partial charge in [-0.2, -0.15) is 0 Å². The van der Waals surface area contributed by atoms with E-state index in [0.717, 1.165) is 16.9 Å². The molecule has 24 heavy (non-hydrogen) atoms. The normalized spacial score (nSPS) is 13.5. The van der Waals surface area contributed by atoms with Crippen molar-refractivity contribution >= 4 is 17.5 Å². The van der Waals surface area contributed by atoms with Crippen LogP contribution in [-0.4, -0.2) is 19.8 Å². The number of hydrogen-bond donors (Lipinski definition) is 1. The zero-order valence-corrected chi connectivity index (χ0v) is 14.4. The molecule has 0 saturated heterocycles. The van der Waals surface area contributed by atoms with Gasteiger partial charge < -0.3 is 19.5 Å². The molecule has 1 aliphatic heterocycles. The fourth-order valence-corrected chi connectivity index (χ4v) is 2.91. The standard InChI is InChI=1S/C18H18ClNO4/c1-10-4-5-15(22-3)13(6-10)11(2)20-18(21)12-7-14(19)17-16(8-12)23-9-24-17/h4-8,11H,9H2,1-3H3,(H,20,21). The number of halogens is 1. The minimum Gasteiger partial charge on any atom is -0.496 e. The molecule has 0 aliphatic carbocycles. The lowest BCUT2D eigenvalue weighted by Crippen LogP contribution is -2.27. The van der Waals surface area contributed by atoms with E-state index in [1.54, 1.807) is 19.2 Å². The molecular formula is C18H18ClNO4. The molecule has 3 rings (SSSR count). The van der Waals surface area contributed by atoms with Gasteiger partial charge >= 0.3 is 0 Å². The number of rotatable bonds is 4. The van der Waals surface area contributed by atoms with Crippen molar-refractivity contribution in [3.63, 3.8) is 0 Å². The van der Waals surface area contributed by atoms with E-state index in [2.05, 4.69) is 5.32 Å². The number of hydrogen-bond acceptors (Lipinski definition) is 4. The molecule has 1 heterocycles. The Morgan fingerprint density at radius 1 is 1.29 bits per heavy atom. The summed E-state index contributed by atoms with van der Waals surface area (Å²) in [6, 6.07) is 8.83. The number of aryl methyl sites for hydroxylation is 1. The summed E-state index contributed by atoms with van der Waals surface area (Å²) in [5, 5.41) is 3.32. The lowest BCUT2D eigenvalue weighted by Gasteiger charge is -2.18. The Labute approximate surface area is 145 Å². The molecule has 1 atom stereocenters. The second-order valence-corrected chi connectivity index (χ2v) is 6.04. The Hall–Kier alpha value is -2.40. The van der Waals surface area contributed by atoms with Crippen LogP contribution in [0.4, 0.5) is 0 Å². The number of amides is 1. The Kier molecular flexibility index (Phi) is 4.53. The lowest BCUT2D eigenvalue weighted by atomic mass is 10.0. The third kappa shape index (κ3) is 3.12. The first kappa shape index (κ1) is 16.5. The minimum atomic E-state index is -0.244. The topological polar surface area (TPSA) is 56.8 Å². The highest BCUT2D eigenvalue weighted by atomic mass is 35.5. The van der Waals surface area contributed by atoms with Crippen LogP contribution in [0.15, 0.2) is 30.3 Å². The predicted octanol–water partition coefficient (Wildman–Crippen LogP) is 3.88. The second-order valence-electron chi connectivity index (χ2n) is 5.63. The van der Waals surface area contributed by atoms with Crippen LogP contribution in [0.2, 0.25) is 5.02 Å². The van der Waals surface area contributed by atoms with Crippen LogP contribution in [0.1, 0.15) is 34.5 Å². The third-order valence-corrected chi connectivity index (χ3v) is 4.17. The average molecular weight is 348 g/mol. The summed E-state index contributed by atoms with van der Waals surface area (Å²) in [6.45, 7) is 4.01. The SMILES string of the molecule is COc1ccc(C)cc1C(C)NC(=O)c1cc(Cl)c2c(c1)OCO2. The summed E-state index contributed by atoms with van der Waals surface area (Å²) in [5.74, 6) is 1.44. The van der Waals surface area contributed by atoms with E-state index >= 15 is 0 Å². The van der Waals surface area contributed by atoms with Gasteiger partial charge in [-0.15, -0.1) is 0 Å². The first-order valence-electron chi connectivity index (χ1n) is 7.54. The van der Waals surface area contributed by atoms with Crippen LogP contribution in [0.3, 0.4) is 0 Å². The van der Waals surface area contributed by atoms with Gasteiger partial charge in [0.15, 0.2) is 11.5 Å². The van der Waals surface area contributed by atoms with Crippen molar-refractivity contribution in [2.24, 2.45) is 0 Å². The van der Waals surface area contributed by atoms with E-state index in [9.17, 15) is 4.79 Å². The smallest absolute Gasteiger partial charge is 0.251 e. The number of nitrogens with one attached hydrogen (secondary N) is 1. The molecule has 0 saturated carbocycles. The van der Waals surface area contributed by atoms with Gasteiger partial charge in [0.05, 0.1) is 18.2 Å². The lowest BCUT2D eigenvalue weighted by molar-refractivity contribution is 0.0939. The quantitative estimate of drug-likeness (QED) is 0.912. The number of fused-ring (bicyclic) bond motifs is 1. The van der Waals surface area contributed by atoms with Crippen molar-refractivity contribution in [2.75, 3.05) is 13.9 Å². The summed E-state index contributed by atoms with van der Waals surface area (Å²) in [4.78, 5) is 12.6. The Bertz CT molecular complexity index is 791. The van der Waals surface area contributed by atoms with Crippen molar-refractivity contribution in [3.05, 3.63) is 52.0 Å². The maximum Gasteiger partial charge on any atom is 0.251 e. The van der Waals surface area contributed by atoms with E-state index in [1.165, 1.54) is 0 Å². The van der Waals surface area contributed by atoms with Crippen LogP contribution >= 0.6 is 11.6 Å². The summed E-state index contributed by atoms with van der Waals surface area (Å²) < 4.78 is 15.9. The molecule has 0 radical (unpaired) electrons. The first-order chi connectivity index (χ1) is 11.5. The Morgan fingerprint density at radius 3 is 2.83 bits per heavy atom. The summed E-state index contributed by atoms with van der Waals surface area (Å²) in [5.41, 5.74) is 2.43. The van der Waals surface area contributed by atoms with Gasteiger partial charge in [0.25, 0.3) is 5.91 Å². The molecule has 0 bridgehead atoms. The number of benzene rings is 2. The largest absolute Gasteiger partial charge is 0.496 e. The summed E-state index contributed by atoms with van der Waals surface area (Å²) in [7, 11) is 1.61. The van der Waals surface area contributed by atoms with Gasteiger partial charge in [0, 0.05) is 11.1 Å². The van der Waals surface area contributed by atoms with Crippen LogP contribution in [-0.2, 0) is 0 Å². The van der Waals surface area contributed by atoms with E-state index in [1.807, 2.05) is 32.0 Å². The molecular weight excluding hydrogens is 330 g/mol. The fourth-order valence-electron chi connectivity index (χ4n) is 2.65. The van der Waals surface area contributed by atoms with Gasteiger partial charge in [-0.05, 0) is 32.0 Å². The molecule has 1 N–H and O–H groups in total. The van der Waals surface area contributed by atoms with E-state index in [0.29, 0.717) is 22.1 Å². The van der Waals surface area contributed by atoms with Gasteiger partial charge in [0.1, 0.15) is 5.75 Å². The van der Waals surface area contributed by atoms with E-state index < -0.39 is 0 Å². The molecule has 1 amide bonds. The summed E-state index contributed by atoms with van der Waals surface area (Å²) in [6.07, 6.45) is 0. The zero-order chi connectivity index (χ0) is 17.3. The number of ether oxygens (including phenoxy) is 3. The molecule has 1 aliphatic rings. The monoisotopic (exact) mass is 347 g/mol. The number of carbonyl (C=O) groups excluding carboxylic acids is 1. The maximum atomic E-state index is 12.6. The Balaban J connectivity index is 1.82. The highest BCUT2D eigenvalue weighted by Gasteiger charge is 2.22. The zero-order valence-electron chi connectivity index (χ0n) is 13.7. The highest BCUT2D eigenvalue weighted by molar-refractivity contribution is 6.32. The van der Waals surface area contributed by atoms with Gasteiger partial charge in [-0.25, -0.2) is 0 Å². The van der Waals surface area contributed by atoms with Gasteiger partial charge in [-0.3, -0.25) is 4.79 Å². The summed E-state index contributed by atoms with van der Waals surface area (Å²) >= 11 is 6.14. The van der Waals surface area contributed by atoms with Gasteiger partial charge in [-0.1, -0.05) is 29.3 Å². The van der Waals surface area contributed by atoms with Crippen LogP contribution in [0.5, 0.6) is 17.2 Å². The van der Waals surface area contributed by atoms with Crippen LogP contribution in [0.25, 0.3) is 0 Å². The van der Waals surface area contributed by atoms with Crippen molar-refractivity contribution < 1.29 is 19.0 Å². The molecule has 2 aromatic carbocycles. The van der Waals surface area contributed by atoms with Crippen LogP contribution < -0.4 is 19.5 Å². The molecule has 2 aromatic rings. The first-order valence-corrected chi connectivity index (χ1v) is 7.92. The highest BCUT2D eigenvalue weighted by Crippen LogP contribution is 2.40. The van der Waals surface area contributed by atoms with Crippen LogP contribution in [0, 0.1) is 6.92 Å². The van der Waals surface area contributed by atoms with E-state index in [4.69, 9.17) is 25.8 Å². The van der Waals surface area contributed by atoms with Crippen molar-refractivity contribution in [2.45, 2.75) is 19.9 Å². The third-order valence-electron chi connectivity index (χ3n) is 3.89. The molecule has 0 aromatic heterocycles. The molecule has 6 heteroatoms. The molecule has 0 fully saturated rings. The minimum absolute atomic E-state index is 0.108. The maximum absolute atomic E-state index is 12.6. The molecule has 126 valence electrons. The molecule has 5 nitrogen and oxygen atoms in total. The number of carbonyl (C=O) groups is 1. The van der Waals surface area contributed by atoms with Crippen molar-refractivity contribution in [1.29, 1.82) is 0 Å². The predicted molar refractivity (Wildman–Crippen MR) is 91.2 cm³/mol. The Morgan fingerprint density at radius 2 is 2.08 bits per heavy atom. The number of methoxy groups -OCH3 is 1. The average Bonchev–Trinajstić information content (AvgIpc) is 3.03. The fraction of sp³-hybridized carbons (Fsp3) is 0.278. The molecule has 0 spiro atoms. The molecule has 1 unspecified atom stereocenters.